The molecule has 2 rings (SSSR count). The zero-order valence-corrected chi connectivity index (χ0v) is 14.8. The number of ether oxygens (including phenoxy) is 1. The van der Waals surface area contributed by atoms with E-state index in [0.717, 1.165) is 12.1 Å². The smallest absolute Gasteiger partial charge is 0.328 e. The summed E-state index contributed by atoms with van der Waals surface area (Å²) < 4.78 is 32.3. The van der Waals surface area contributed by atoms with E-state index < -0.39 is 28.8 Å². The van der Waals surface area contributed by atoms with Crippen LogP contribution >= 0.6 is 0 Å². The lowest BCUT2D eigenvalue weighted by Crippen LogP contribution is -2.35. The number of rotatable bonds is 7. The maximum absolute atomic E-state index is 13.2. The van der Waals surface area contributed by atoms with E-state index in [1.165, 1.54) is 36.9 Å². The number of carbonyl (C=O) groups excluding carboxylic acids is 1. The Kier molecular flexibility index (Phi) is 6.78. The van der Waals surface area contributed by atoms with Crippen molar-refractivity contribution in [2.24, 2.45) is 0 Å². The zero-order chi connectivity index (χ0) is 20.0. The third kappa shape index (κ3) is 5.45. The van der Waals surface area contributed by atoms with Crippen molar-refractivity contribution >= 4 is 12.0 Å². The number of benzene rings is 1. The van der Waals surface area contributed by atoms with Crippen LogP contribution in [0.2, 0.25) is 0 Å². The van der Waals surface area contributed by atoms with Crippen molar-refractivity contribution in [2.45, 2.75) is 20.0 Å². The summed E-state index contributed by atoms with van der Waals surface area (Å²) in [5.41, 5.74) is -0.407. The van der Waals surface area contributed by atoms with Gasteiger partial charge in [-0.2, -0.15) is 0 Å². The molecule has 2 N–H and O–H groups in total. The van der Waals surface area contributed by atoms with Gasteiger partial charge in [-0.15, -0.1) is 0 Å². The molecule has 0 fully saturated rings. The molecule has 0 atom stereocenters. The molecule has 0 spiro atoms. The number of nitrogens with one attached hydrogen (secondary N) is 2. The molecule has 1 amide bonds. The van der Waals surface area contributed by atoms with E-state index >= 15 is 0 Å². The lowest BCUT2D eigenvalue weighted by Gasteiger charge is -2.08. The summed E-state index contributed by atoms with van der Waals surface area (Å²) in [4.78, 5) is 37.9. The Morgan fingerprint density at radius 3 is 2.70 bits per heavy atom. The molecule has 0 unspecified atom stereocenters. The van der Waals surface area contributed by atoms with Gasteiger partial charge in [-0.05, 0) is 30.7 Å². The van der Waals surface area contributed by atoms with E-state index in [0.29, 0.717) is 5.56 Å². The highest BCUT2D eigenvalue weighted by Crippen LogP contribution is 2.12. The van der Waals surface area contributed by atoms with Crippen molar-refractivity contribution < 1.29 is 18.3 Å². The van der Waals surface area contributed by atoms with Crippen molar-refractivity contribution in [1.82, 2.24) is 14.9 Å². The highest BCUT2D eigenvalue weighted by atomic mass is 19.2. The second-order valence-corrected chi connectivity index (χ2v) is 5.78. The Morgan fingerprint density at radius 2 is 2.04 bits per heavy atom. The van der Waals surface area contributed by atoms with Crippen molar-refractivity contribution in [2.75, 3.05) is 13.7 Å². The van der Waals surface area contributed by atoms with Crippen LogP contribution in [0.4, 0.5) is 8.78 Å². The molecule has 1 aromatic carbocycles. The minimum atomic E-state index is -1.01. The number of methoxy groups -OCH3 is 1. The SMILES string of the molecule is COCCn1cc(CNC(=O)/C(C)=C/c2ccc(F)c(F)c2)c(=O)[nH]c1=O. The summed E-state index contributed by atoms with van der Waals surface area (Å²) in [5, 5.41) is 2.55. The van der Waals surface area contributed by atoms with Gasteiger partial charge in [0.05, 0.1) is 18.7 Å². The van der Waals surface area contributed by atoms with Crippen LogP contribution in [0.5, 0.6) is 0 Å². The van der Waals surface area contributed by atoms with Gasteiger partial charge in [0.25, 0.3) is 5.56 Å². The lowest BCUT2D eigenvalue weighted by atomic mass is 10.1. The molecule has 9 heteroatoms. The molecule has 0 saturated carbocycles. The Hall–Kier alpha value is -3.07. The number of carbonyl (C=O) groups is 1. The van der Waals surface area contributed by atoms with Crippen LogP contribution in [0.1, 0.15) is 18.1 Å². The van der Waals surface area contributed by atoms with Crippen LogP contribution in [-0.4, -0.2) is 29.2 Å². The van der Waals surface area contributed by atoms with Crippen molar-refractivity contribution in [3.8, 4) is 0 Å². The van der Waals surface area contributed by atoms with E-state index in [1.807, 2.05) is 0 Å². The molecule has 0 aliphatic carbocycles. The van der Waals surface area contributed by atoms with Gasteiger partial charge in [0.2, 0.25) is 5.91 Å². The highest BCUT2D eigenvalue weighted by molar-refractivity contribution is 5.97. The molecular weight excluding hydrogens is 360 g/mol. The van der Waals surface area contributed by atoms with Gasteiger partial charge in [0.15, 0.2) is 11.6 Å². The topological polar surface area (TPSA) is 93.2 Å². The maximum Gasteiger partial charge on any atom is 0.328 e. The molecule has 1 aromatic heterocycles. The molecule has 144 valence electrons. The first-order valence-corrected chi connectivity index (χ1v) is 8.05. The summed E-state index contributed by atoms with van der Waals surface area (Å²) >= 11 is 0. The highest BCUT2D eigenvalue weighted by Gasteiger charge is 2.09. The molecule has 1 heterocycles. The third-order valence-corrected chi connectivity index (χ3v) is 3.75. The van der Waals surface area contributed by atoms with E-state index in [2.05, 4.69) is 10.3 Å². The van der Waals surface area contributed by atoms with E-state index in [1.54, 1.807) is 0 Å². The number of aromatic amines is 1. The lowest BCUT2D eigenvalue weighted by molar-refractivity contribution is -0.117. The van der Waals surface area contributed by atoms with Gasteiger partial charge in [-0.25, -0.2) is 13.6 Å². The number of hydrogen-bond donors (Lipinski definition) is 2. The fourth-order valence-electron chi connectivity index (χ4n) is 2.27. The number of H-pyrrole nitrogens is 1. The van der Waals surface area contributed by atoms with Gasteiger partial charge < -0.3 is 10.1 Å². The molecule has 0 radical (unpaired) electrons. The van der Waals surface area contributed by atoms with Gasteiger partial charge in [0.1, 0.15) is 0 Å². The number of halogens is 2. The second kappa shape index (κ2) is 9.04. The standard InChI is InChI=1S/C18H19F2N3O4/c1-11(7-12-3-4-14(19)15(20)8-12)16(24)21-9-13-10-23(5-6-27-2)18(26)22-17(13)25/h3-4,7-8,10H,5-6,9H2,1-2H3,(H,21,24)(H,22,25,26)/b11-7+. The minimum Gasteiger partial charge on any atom is -0.383 e. The summed E-state index contributed by atoms with van der Waals surface area (Å²) in [6, 6.07) is 3.28. The Morgan fingerprint density at radius 1 is 1.30 bits per heavy atom. The summed E-state index contributed by atoms with van der Waals surface area (Å²) in [7, 11) is 1.49. The van der Waals surface area contributed by atoms with E-state index in [9.17, 15) is 23.2 Å². The Balaban J connectivity index is 2.10. The predicted octanol–water partition coefficient (Wildman–Crippen LogP) is 1.18. The molecule has 7 nitrogen and oxygen atoms in total. The summed E-state index contributed by atoms with van der Waals surface area (Å²) in [6.07, 6.45) is 2.75. The molecule has 0 bridgehead atoms. The monoisotopic (exact) mass is 379 g/mol. The molecule has 0 aliphatic heterocycles. The normalized spacial score (nSPS) is 11.5. The van der Waals surface area contributed by atoms with Gasteiger partial charge >= 0.3 is 5.69 Å². The van der Waals surface area contributed by atoms with Gasteiger partial charge in [-0.3, -0.25) is 19.1 Å². The fourth-order valence-corrected chi connectivity index (χ4v) is 2.27. The molecule has 0 aliphatic rings. The molecule has 2 aromatic rings. The van der Waals surface area contributed by atoms with Crippen LogP contribution < -0.4 is 16.6 Å². The zero-order valence-electron chi connectivity index (χ0n) is 14.8. The predicted molar refractivity (Wildman–Crippen MR) is 95.1 cm³/mol. The second-order valence-electron chi connectivity index (χ2n) is 5.78. The van der Waals surface area contributed by atoms with Crippen molar-refractivity contribution in [3.05, 3.63) is 73.6 Å². The first-order chi connectivity index (χ1) is 12.8. The summed E-state index contributed by atoms with van der Waals surface area (Å²) in [6.45, 7) is 1.93. The minimum absolute atomic E-state index is 0.107. The Labute approximate surface area is 153 Å². The van der Waals surface area contributed by atoms with Crippen LogP contribution in [0.25, 0.3) is 6.08 Å². The molecular formula is C18H19F2N3O4. The van der Waals surface area contributed by atoms with Gasteiger partial charge in [0, 0.05) is 25.4 Å². The molecule has 0 saturated heterocycles. The van der Waals surface area contributed by atoms with Crippen molar-refractivity contribution in [3.63, 3.8) is 0 Å². The van der Waals surface area contributed by atoms with Crippen LogP contribution in [0, 0.1) is 11.6 Å². The van der Waals surface area contributed by atoms with Crippen LogP contribution in [-0.2, 0) is 22.6 Å². The van der Waals surface area contributed by atoms with Crippen molar-refractivity contribution in [1.29, 1.82) is 0 Å². The average Bonchev–Trinajstić information content (AvgIpc) is 2.63. The van der Waals surface area contributed by atoms with Crippen LogP contribution in [0.3, 0.4) is 0 Å². The van der Waals surface area contributed by atoms with Gasteiger partial charge in [-0.1, -0.05) is 6.07 Å². The van der Waals surface area contributed by atoms with Crippen LogP contribution in [0.15, 0.2) is 39.6 Å². The number of nitrogens with zero attached hydrogens (tertiary/aromatic N) is 1. The number of hydrogen-bond acceptors (Lipinski definition) is 4. The number of aromatic nitrogens is 2. The quantitative estimate of drug-likeness (QED) is 0.707. The largest absolute Gasteiger partial charge is 0.383 e. The third-order valence-electron chi connectivity index (χ3n) is 3.75. The fraction of sp³-hybridized carbons (Fsp3) is 0.278. The van der Waals surface area contributed by atoms with E-state index in [4.69, 9.17) is 4.74 Å². The molecule has 27 heavy (non-hydrogen) atoms. The number of amides is 1. The maximum atomic E-state index is 13.2. The first-order valence-electron chi connectivity index (χ1n) is 8.05. The van der Waals surface area contributed by atoms with E-state index in [-0.39, 0.29) is 30.8 Å². The summed E-state index contributed by atoms with van der Waals surface area (Å²) in [5.74, 6) is -2.48. The first kappa shape index (κ1) is 20.2. The average molecular weight is 379 g/mol. The Bertz CT molecular complexity index is 979.